The van der Waals surface area contributed by atoms with E-state index in [9.17, 15) is 9.59 Å². The van der Waals surface area contributed by atoms with E-state index in [1.54, 1.807) is 4.90 Å². The summed E-state index contributed by atoms with van der Waals surface area (Å²) in [6.45, 7) is 5.85. The summed E-state index contributed by atoms with van der Waals surface area (Å²) in [5, 5.41) is 3.40. The van der Waals surface area contributed by atoms with E-state index < -0.39 is 0 Å². The first-order valence-corrected chi connectivity index (χ1v) is 10.1. The number of nitrogens with one attached hydrogen (secondary N) is 1. The molecule has 0 bridgehead atoms. The molecule has 148 valence electrons. The second kappa shape index (κ2) is 8.44. The molecule has 1 N–H and O–H groups in total. The lowest BCUT2D eigenvalue weighted by atomic mass is 9.90. The molecule has 0 aliphatic carbocycles. The van der Waals surface area contributed by atoms with E-state index in [4.69, 9.17) is 4.74 Å². The summed E-state index contributed by atoms with van der Waals surface area (Å²) in [5.41, 5.74) is 1.72. The van der Waals surface area contributed by atoms with Gasteiger partial charge in [-0.3, -0.25) is 14.5 Å². The second-order valence-electron chi connectivity index (χ2n) is 7.86. The molecule has 0 saturated carbocycles. The van der Waals surface area contributed by atoms with Crippen LogP contribution in [0.1, 0.15) is 31.2 Å². The number of rotatable bonds is 2. The topological polar surface area (TPSA) is 61.9 Å². The molecule has 1 aromatic rings. The quantitative estimate of drug-likeness (QED) is 0.616. The van der Waals surface area contributed by atoms with Crippen LogP contribution in [0.5, 0.6) is 0 Å². The Kier molecular flexibility index (Phi) is 5.77. The highest BCUT2D eigenvalue weighted by molar-refractivity contribution is 6.08. The van der Waals surface area contributed by atoms with Gasteiger partial charge in [-0.25, -0.2) is 0 Å². The van der Waals surface area contributed by atoms with Crippen molar-refractivity contribution in [3.05, 3.63) is 29.8 Å². The first-order chi connectivity index (χ1) is 13.6. The number of ether oxygens (including phenoxy) is 1. The summed E-state index contributed by atoms with van der Waals surface area (Å²) in [6.07, 6.45) is 2.55. The van der Waals surface area contributed by atoms with Crippen LogP contribution in [0.15, 0.2) is 24.3 Å². The summed E-state index contributed by atoms with van der Waals surface area (Å²) in [6, 6.07) is 7.72. The molecule has 1 spiro atoms. The molecule has 0 unspecified atom stereocenters. The molecule has 0 radical (unpaired) electrons. The lowest BCUT2D eigenvalue weighted by Crippen LogP contribution is -2.56. The number of nitrogens with zero attached hydrogens (tertiary/aromatic N) is 2. The monoisotopic (exact) mass is 381 g/mol. The smallest absolute Gasteiger partial charge is 0.234 e. The molecule has 4 rings (SSSR count). The summed E-state index contributed by atoms with van der Waals surface area (Å²) in [4.78, 5) is 27.6. The van der Waals surface area contributed by atoms with Crippen molar-refractivity contribution < 1.29 is 14.3 Å². The molecule has 3 aliphatic heterocycles. The zero-order chi connectivity index (χ0) is 19.4. The van der Waals surface area contributed by atoms with E-state index >= 15 is 0 Å². The molecule has 3 aliphatic rings. The van der Waals surface area contributed by atoms with Crippen LogP contribution in [-0.2, 0) is 14.3 Å². The summed E-state index contributed by atoms with van der Waals surface area (Å²) in [7, 11) is 0. The summed E-state index contributed by atoms with van der Waals surface area (Å²) >= 11 is 0. The van der Waals surface area contributed by atoms with Gasteiger partial charge in [-0.05, 0) is 44.1 Å². The lowest BCUT2D eigenvalue weighted by Gasteiger charge is -2.44. The van der Waals surface area contributed by atoms with Crippen LogP contribution in [0.2, 0.25) is 0 Å². The maximum absolute atomic E-state index is 12.1. The molecule has 0 aromatic heterocycles. The van der Waals surface area contributed by atoms with Gasteiger partial charge < -0.3 is 15.0 Å². The Hall–Kier alpha value is -2.20. The number of amides is 1. The summed E-state index contributed by atoms with van der Waals surface area (Å²) < 4.78 is 6.11. The van der Waals surface area contributed by atoms with Crippen molar-refractivity contribution in [3.63, 3.8) is 0 Å². The van der Waals surface area contributed by atoms with Crippen LogP contribution in [0.25, 0.3) is 0 Å². The predicted octanol–water partition coefficient (Wildman–Crippen LogP) is 1.19. The van der Waals surface area contributed by atoms with Crippen LogP contribution >= 0.6 is 0 Å². The number of ketones is 1. The Bertz CT molecular complexity index is 799. The van der Waals surface area contributed by atoms with Crippen molar-refractivity contribution in [2.45, 2.75) is 31.3 Å². The van der Waals surface area contributed by atoms with Crippen LogP contribution in [0.4, 0.5) is 5.69 Å². The molecule has 1 amide bonds. The highest BCUT2D eigenvalue weighted by Gasteiger charge is 2.37. The number of piperidine rings is 2. The Morgan fingerprint density at radius 1 is 1.18 bits per heavy atom. The summed E-state index contributed by atoms with van der Waals surface area (Å²) in [5.74, 6) is 6.42. The lowest BCUT2D eigenvalue weighted by molar-refractivity contribution is -0.128. The highest BCUT2D eigenvalue weighted by atomic mass is 16.5. The number of carbonyl (C=O) groups is 2. The van der Waals surface area contributed by atoms with Gasteiger partial charge in [0.2, 0.25) is 5.91 Å². The first kappa shape index (κ1) is 19.1. The molecule has 1 aromatic carbocycles. The molecule has 28 heavy (non-hydrogen) atoms. The van der Waals surface area contributed by atoms with Crippen molar-refractivity contribution in [1.29, 1.82) is 0 Å². The number of Topliss-reactive ketones (excluding diaryl/α,β-unsaturated/α-hetero) is 1. The fraction of sp³-hybridized carbons (Fsp3) is 0.545. The average molecular weight is 381 g/mol. The zero-order valence-corrected chi connectivity index (χ0v) is 16.2. The minimum Gasteiger partial charge on any atom is -0.372 e. The van der Waals surface area contributed by atoms with Gasteiger partial charge in [-0.2, -0.15) is 0 Å². The van der Waals surface area contributed by atoms with Crippen molar-refractivity contribution in [2.24, 2.45) is 0 Å². The molecule has 6 nitrogen and oxygen atoms in total. The maximum Gasteiger partial charge on any atom is 0.234 e. The number of benzene rings is 1. The number of morpholine rings is 1. The Labute approximate surface area is 166 Å². The van der Waals surface area contributed by atoms with E-state index in [0.717, 1.165) is 63.4 Å². The standard InChI is InChI=1S/C22H27N3O3/c26-20-6-12-25(21(27)16-20)19-5-1-3-18(15-19)4-2-11-24-13-14-28-22(17-24)7-9-23-10-8-22/h1,3,5,15,23H,6-14,16-17H2. The van der Waals surface area contributed by atoms with Crippen LogP contribution in [0.3, 0.4) is 0 Å². The molecule has 3 heterocycles. The van der Waals surface area contributed by atoms with E-state index in [-0.39, 0.29) is 23.7 Å². The Morgan fingerprint density at radius 2 is 2.04 bits per heavy atom. The fourth-order valence-corrected chi connectivity index (χ4v) is 4.24. The van der Waals surface area contributed by atoms with Gasteiger partial charge in [-0.1, -0.05) is 17.9 Å². The zero-order valence-electron chi connectivity index (χ0n) is 16.2. The fourth-order valence-electron chi connectivity index (χ4n) is 4.24. The average Bonchev–Trinajstić information content (AvgIpc) is 2.69. The third-order valence-corrected chi connectivity index (χ3v) is 5.80. The molecule has 6 heteroatoms. The van der Waals surface area contributed by atoms with Gasteiger partial charge in [0.25, 0.3) is 0 Å². The van der Waals surface area contributed by atoms with Gasteiger partial charge in [0.1, 0.15) is 5.78 Å². The predicted molar refractivity (Wildman–Crippen MR) is 107 cm³/mol. The minimum absolute atomic E-state index is 0.00282. The van der Waals surface area contributed by atoms with Crippen molar-refractivity contribution in [1.82, 2.24) is 10.2 Å². The third kappa shape index (κ3) is 4.44. The van der Waals surface area contributed by atoms with E-state index in [0.29, 0.717) is 13.0 Å². The first-order valence-electron chi connectivity index (χ1n) is 10.1. The van der Waals surface area contributed by atoms with Gasteiger partial charge in [0, 0.05) is 37.3 Å². The number of carbonyl (C=O) groups excluding carboxylic acids is 2. The molecular weight excluding hydrogens is 354 g/mol. The van der Waals surface area contributed by atoms with Gasteiger partial charge in [0.05, 0.1) is 25.2 Å². The second-order valence-corrected chi connectivity index (χ2v) is 7.86. The Balaban J connectivity index is 1.38. The Morgan fingerprint density at radius 3 is 2.86 bits per heavy atom. The van der Waals surface area contributed by atoms with Crippen molar-refractivity contribution in [3.8, 4) is 11.8 Å². The molecule has 3 saturated heterocycles. The van der Waals surface area contributed by atoms with Crippen LogP contribution < -0.4 is 10.2 Å². The number of hydrogen-bond acceptors (Lipinski definition) is 5. The van der Waals surface area contributed by atoms with E-state index in [1.807, 2.05) is 24.3 Å². The van der Waals surface area contributed by atoms with Crippen molar-refractivity contribution in [2.75, 3.05) is 50.8 Å². The van der Waals surface area contributed by atoms with Gasteiger partial charge >= 0.3 is 0 Å². The SMILES string of the molecule is O=C1CCN(c2cccc(C#CCN3CCOC4(CCNCC4)C3)c2)C(=O)C1. The normalized spacial score (nSPS) is 22.8. The molecule has 3 fully saturated rings. The number of anilines is 1. The van der Waals surface area contributed by atoms with Gasteiger partial charge in [-0.15, -0.1) is 0 Å². The van der Waals surface area contributed by atoms with E-state index in [2.05, 4.69) is 22.1 Å². The molecule has 0 atom stereocenters. The minimum atomic E-state index is -0.123. The van der Waals surface area contributed by atoms with E-state index in [1.165, 1.54) is 0 Å². The highest BCUT2D eigenvalue weighted by Crippen LogP contribution is 2.27. The molecular formula is C22H27N3O3. The van der Waals surface area contributed by atoms with Crippen molar-refractivity contribution >= 4 is 17.4 Å². The van der Waals surface area contributed by atoms with Crippen LogP contribution in [-0.4, -0.2) is 68.1 Å². The largest absolute Gasteiger partial charge is 0.372 e. The van der Waals surface area contributed by atoms with Crippen LogP contribution in [0, 0.1) is 11.8 Å². The number of hydrogen-bond donors (Lipinski definition) is 1. The van der Waals surface area contributed by atoms with Gasteiger partial charge in [0.15, 0.2) is 0 Å². The maximum atomic E-state index is 12.1. The third-order valence-electron chi connectivity index (χ3n) is 5.80.